The fourth-order valence-electron chi connectivity index (χ4n) is 2.48. The maximum Gasteiger partial charge on any atom is 0.234 e. The molecular formula is C18H18BrN5OS. The first-order chi connectivity index (χ1) is 12.6. The average Bonchev–Trinajstić information content (AvgIpc) is 3.06. The number of pyridine rings is 1. The molecule has 3 rings (SSSR count). The van der Waals surface area contributed by atoms with Gasteiger partial charge in [-0.25, -0.2) is 0 Å². The summed E-state index contributed by atoms with van der Waals surface area (Å²) in [6.07, 6.45) is 3.45. The SMILES string of the molecule is CCn1c(SCC(=O)Nc2ccc(Br)cc2C)nnc1-c1ccncc1. The number of anilines is 1. The number of aryl methyl sites for hydroxylation is 1. The molecule has 0 aliphatic heterocycles. The average molecular weight is 432 g/mol. The second-order valence-corrected chi connectivity index (χ2v) is 7.44. The largest absolute Gasteiger partial charge is 0.325 e. The predicted octanol–water partition coefficient (Wildman–Crippen LogP) is 4.16. The van der Waals surface area contributed by atoms with Gasteiger partial charge in [-0.15, -0.1) is 10.2 Å². The monoisotopic (exact) mass is 431 g/mol. The van der Waals surface area contributed by atoms with E-state index in [4.69, 9.17) is 0 Å². The van der Waals surface area contributed by atoms with Crippen LogP contribution in [-0.2, 0) is 11.3 Å². The number of nitrogens with one attached hydrogen (secondary N) is 1. The number of hydrogen-bond donors (Lipinski definition) is 1. The Morgan fingerprint density at radius 3 is 2.69 bits per heavy atom. The summed E-state index contributed by atoms with van der Waals surface area (Å²) in [6.45, 7) is 4.71. The number of carbonyl (C=O) groups is 1. The summed E-state index contributed by atoms with van der Waals surface area (Å²) < 4.78 is 2.99. The van der Waals surface area contributed by atoms with Crippen LogP contribution in [0.3, 0.4) is 0 Å². The molecule has 6 nitrogen and oxygen atoms in total. The Balaban J connectivity index is 1.68. The maximum absolute atomic E-state index is 12.3. The molecule has 0 saturated heterocycles. The van der Waals surface area contributed by atoms with Gasteiger partial charge in [-0.2, -0.15) is 0 Å². The minimum Gasteiger partial charge on any atom is -0.325 e. The van der Waals surface area contributed by atoms with Gasteiger partial charge in [-0.05, 0) is 49.7 Å². The van der Waals surface area contributed by atoms with Gasteiger partial charge < -0.3 is 9.88 Å². The van der Waals surface area contributed by atoms with Crippen molar-refractivity contribution in [1.82, 2.24) is 19.7 Å². The van der Waals surface area contributed by atoms with E-state index in [0.29, 0.717) is 0 Å². The lowest BCUT2D eigenvalue weighted by molar-refractivity contribution is -0.113. The third kappa shape index (κ3) is 4.31. The fourth-order valence-corrected chi connectivity index (χ4v) is 3.76. The minimum atomic E-state index is -0.0727. The second-order valence-electron chi connectivity index (χ2n) is 5.58. The van der Waals surface area contributed by atoms with Gasteiger partial charge in [0.05, 0.1) is 5.75 Å². The number of thioether (sulfide) groups is 1. The number of amides is 1. The van der Waals surface area contributed by atoms with Crippen LogP contribution in [0.25, 0.3) is 11.4 Å². The van der Waals surface area contributed by atoms with Crippen molar-refractivity contribution >= 4 is 39.3 Å². The van der Waals surface area contributed by atoms with E-state index >= 15 is 0 Å². The Kier molecular flexibility index (Phi) is 6.05. The zero-order chi connectivity index (χ0) is 18.5. The summed E-state index contributed by atoms with van der Waals surface area (Å²) in [5, 5.41) is 12.2. The molecule has 0 saturated carbocycles. The molecule has 0 bridgehead atoms. The number of carbonyl (C=O) groups excluding carboxylic acids is 1. The molecule has 26 heavy (non-hydrogen) atoms. The molecule has 0 aliphatic rings. The van der Waals surface area contributed by atoms with Gasteiger partial charge in [-0.1, -0.05) is 27.7 Å². The summed E-state index contributed by atoms with van der Waals surface area (Å²) in [5.41, 5.74) is 2.78. The standard InChI is InChI=1S/C18H18BrN5OS/c1-3-24-17(13-6-8-20-9-7-13)22-23-18(24)26-11-16(25)21-15-5-4-14(19)10-12(15)2/h4-10H,3,11H2,1-2H3,(H,21,25). The molecule has 2 heterocycles. The molecule has 0 fully saturated rings. The van der Waals surface area contributed by atoms with Gasteiger partial charge in [0.1, 0.15) is 0 Å². The van der Waals surface area contributed by atoms with E-state index < -0.39 is 0 Å². The second kappa shape index (κ2) is 8.46. The summed E-state index contributed by atoms with van der Waals surface area (Å²) >= 11 is 4.80. The van der Waals surface area contributed by atoms with Crippen LogP contribution in [-0.4, -0.2) is 31.4 Å². The molecule has 0 aliphatic carbocycles. The smallest absolute Gasteiger partial charge is 0.234 e. The van der Waals surface area contributed by atoms with Crippen LogP contribution in [0.5, 0.6) is 0 Å². The van der Waals surface area contributed by atoms with E-state index in [1.807, 2.05) is 48.7 Å². The van der Waals surface area contributed by atoms with E-state index in [-0.39, 0.29) is 11.7 Å². The summed E-state index contributed by atoms with van der Waals surface area (Å²) in [5.74, 6) is 0.974. The third-order valence-corrected chi connectivity index (χ3v) is 5.23. The van der Waals surface area contributed by atoms with Crippen molar-refractivity contribution in [2.75, 3.05) is 11.1 Å². The summed E-state index contributed by atoms with van der Waals surface area (Å²) in [6, 6.07) is 9.56. The zero-order valence-corrected chi connectivity index (χ0v) is 16.8. The summed E-state index contributed by atoms with van der Waals surface area (Å²) in [4.78, 5) is 16.3. The number of aromatic nitrogens is 4. The van der Waals surface area contributed by atoms with Gasteiger partial charge in [0.2, 0.25) is 5.91 Å². The lowest BCUT2D eigenvalue weighted by atomic mass is 10.2. The van der Waals surface area contributed by atoms with Gasteiger partial charge in [0.15, 0.2) is 11.0 Å². The molecule has 0 spiro atoms. The molecule has 1 amide bonds. The normalized spacial score (nSPS) is 10.7. The summed E-state index contributed by atoms with van der Waals surface area (Å²) in [7, 11) is 0. The third-order valence-electron chi connectivity index (χ3n) is 3.77. The number of halogens is 1. The van der Waals surface area contributed by atoms with Gasteiger partial charge in [0.25, 0.3) is 0 Å². The van der Waals surface area contributed by atoms with Crippen LogP contribution in [0, 0.1) is 6.92 Å². The highest BCUT2D eigenvalue weighted by molar-refractivity contribution is 9.10. The van der Waals surface area contributed by atoms with Crippen LogP contribution < -0.4 is 5.32 Å². The van der Waals surface area contributed by atoms with Crippen molar-refractivity contribution in [2.45, 2.75) is 25.5 Å². The van der Waals surface area contributed by atoms with Crippen LogP contribution in [0.2, 0.25) is 0 Å². The molecule has 1 N–H and O–H groups in total. The van der Waals surface area contributed by atoms with Crippen molar-refractivity contribution in [3.8, 4) is 11.4 Å². The van der Waals surface area contributed by atoms with Crippen molar-refractivity contribution in [1.29, 1.82) is 0 Å². The van der Waals surface area contributed by atoms with Gasteiger partial charge in [0, 0.05) is 34.7 Å². The van der Waals surface area contributed by atoms with Crippen molar-refractivity contribution < 1.29 is 4.79 Å². The number of nitrogens with zero attached hydrogens (tertiary/aromatic N) is 4. The van der Waals surface area contributed by atoms with Crippen molar-refractivity contribution in [3.63, 3.8) is 0 Å². The Morgan fingerprint density at radius 2 is 2.00 bits per heavy atom. The molecular weight excluding hydrogens is 414 g/mol. The van der Waals surface area contributed by atoms with Gasteiger partial charge >= 0.3 is 0 Å². The molecule has 3 aromatic rings. The molecule has 0 unspecified atom stereocenters. The lowest BCUT2D eigenvalue weighted by Gasteiger charge is -2.09. The predicted molar refractivity (Wildman–Crippen MR) is 107 cm³/mol. The van der Waals surface area contributed by atoms with E-state index in [1.165, 1.54) is 11.8 Å². The molecule has 8 heteroatoms. The Hall–Kier alpha value is -2.19. The van der Waals surface area contributed by atoms with E-state index in [9.17, 15) is 4.79 Å². The first-order valence-electron chi connectivity index (χ1n) is 8.11. The van der Waals surface area contributed by atoms with Crippen molar-refractivity contribution in [2.24, 2.45) is 0 Å². The molecule has 0 atom stereocenters. The fraction of sp³-hybridized carbons (Fsp3) is 0.222. The van der Waals surface area contributed by atoms with E-state index in [0.717, 1.165) is 38.8 Å². The van der Waals surface area contributed by atoms with Crippen LogP contribution >= 0.6 is 27.7 Å². The van der Waals surface area contributed by atoms with Crippen LogP contribution in [0.15, 0.2) is 52.4 Å². The van der Waals surface area contributed by atoms with Crippen molar-refractivity contribution in [3.05, 3.63) is 52.8 Å². The first kappa shape index (κ1) is 18.6. The van der Waals surface area contributed by atoms with E-state index in [2.05, 4.69) is 36.4 Å². The molecule has 1 aromatic carbocycles. The highest BCUT2D eigenvalue weighted by atomic mass is 79.9. The van der Waals surface area contributed by atoms with E-state index in [1.54, 1.807) is 12.4 Å². The van der Waals surface area contributed by atoms with Crippen LogP contribution in [0.4, 0.5) is 5.69 Å². The maximum atomic E-state index is 12.3. The highest BCUT2D eigenvalue weighted by Gasteiger charge is 2.15. The quantitative estimate of drug-likeness (QED) is 0.593. The Morgan fingerprint density at radius 1 is 1.23 bits per heavy atom. The lowest BCUT2D eigenvalue weighted by Crippen LogP contribution is -2.15. The molecule has 0 radical (unpaired) electrons. The Bertz CT molecular complexity index is 913. The Labute approximate surface area is 164 Å². The number of rotatable bonds is 6. The number of benzene rings is 1. The minimum absolute atomic E-state index is 0.0727. The molecule has 2 aromatic heterocycles. The topological polar surface area (TPSA) is 72.7 Å². The zero-order valence-electron chi connectivity index (χ0n) is 14.4. The van der Waals surface area contributed by atoms with Crippen LogP contribution in [0.1, 0.15) is 12.5 Å². The number of hydrogen-bond acceptors (Lipinski definition) is 5. The first-order valence-corrected chi connectivity index (χ1v) is 9.88. The highest BCUT2D eigenvalue weighted by Crippen LogP contribution is 2.24. The van der Waals surface area contributed by atoms with Gasteiger partial charge in [-0.3, -0.25) is 9.78 Å². The molecule has 134 valence electrons.